The molecule has 2 heterocycles. The van der Waals surface area contributed by atoms with Gasteiger partial charge in [-0.1, -0.05) is 53.7 Å². The largest absolute Gasteiger partial charge is 0.334 e. The number of aromatic nitrogens is 2. The number of nitrogens with one attached hydrogen (secondary N) is 1. The van der Waals surface area contributed by atoms with E-state index >= 15 is 0 Å². The molecule has 2 aromatic heterocycles. The van der Waals surface area contributed by atoms with Crippen LogP contribution in [0.1, 0.15) is 9.67 Å². The van der Waals surface area contributed by atoms with E-state index in [0.717, 1.165) is 5.56 Å². The molecule has 0 atom stereocenters. The predicted molar refractivity (Wildman–Crippen MR) is 97.4 cm³/mol. The lowest BCUT2D eigenvalue weighted by atomic mass is 10.1. The first kappa shape index (κ1) is 15.3. The van der Waals surface area contributed by atoms with Crippen molar-refractivity contribution in [3.05, 3.63) is 77.0 Å². The molecule has 0 unspecified atom stereocenters. The van der Waals surface area contributed by atoms with Gasteiger partial charge in [0.15, 0.2) is 0 Å². The molecule has 25 heavy (non-hydrogen) atoms. The molecule has 1 N–H and O–H groups in total. The van der Waals surface area contributed by atoms with Crippen molar-refractivity contribution in [1.82, 2.24) is 10.1 Å². The number of hydrogen-bond donors (Lipinski definition) is 1. The molecule has 0 aliphatic heterocycles. The van der Waals surface area contributed by atoms with Crippen molar-refractivity contribution < 1.29 is 9.32 Å². The first-order chi connectivity index (χ1) is 12.3. The Balaban J connectivity index is 1.65. The van der Waals surface area contributed by atoms with E-state index in [0.29, 0.717) is 27.8 Å². The maximum absolute atomic E-state index is 12.3. The molecule has 0 aliphatic rings. The predicted octanol–water partition coefficient (Wildman–Crippen LogP) is 4.72. The Hall–Kier alpha value is -3.25. The number of carbonyl (C=O) groups is 1. The van der Waals surface area contributed by atoms with Crippen LogP contribution in [0.2, 0.25) is 0 Å². The van der Waals surface area contributed by atoms with Crippen LogP contribution < -0.4 is 5.32 Å². The van der Waals surface area contributed by atoms with Crippen molar-refractivity contribution in [2.75, 3.05) is 5.32 Å². The lowest BCUT2D eigenvalue weighted by molar-refractivity contribution is 0.103. The molecule has 6 heteroatoms. The van der Waals surface area contributed by atoms with Gasteiger partial charge in [-0.3, -0.25) is 4.79 Å². The zero-order valence-electron chi connectivity index (χ0n) is 13.0. The molecule has 1 amide bonds. The molecule has 0 saturated carbocycles. The number of rotatable bonds is 4. The summed E-state index contributed by atoms with van der Waals surface area (Å²) in [5, 5.41) is 8.81. The van der Waals surface area contributed by atoms with E-state index in [1.807, 2.05) is 66.0 Å². The maximum Gasteiger partial charge on any atom is 0.265 e. The fourth-order valence-corrected chi connectivity index (χ4v) is 3.03. The van der Waals surface area contributed by atoms with Crippen LogP contribution in [0.4, 0.5) is 5.69 Å². The molecule has 0 bridgehead atoms. The number of carbonyl (C=O) groups excluding carboxylic acids is 1. The molecular formula is C19H13N3O2S. The van der Waals surface area contributed by atoms with Gasteiger partial charge in [-0.05, 0) is 23.6 Å². The minimum atomic E-state index is -0.162. The van der Waals surface area contributed by atoms with E-state index < -0.39 is 0 Å². The molecular weight excluding hydrogens is 334 g/mol. The molecule has 0 aliphatic carbocycles. The first-order valence-electron chi connectivity index (χ1n) is 7.64. The monoisotopic (exact) mass is 347 g/mol. The Morgan fingerprint density at radius 2 is 1.76 bits per heavy atom. The van der Waals surface area contributed by atoms with E-state index in [1.54, 1.807) is 6.07 Å². The zero-order valence-corrected chi connectivity index (χ0v) is 13.9. The minimum absolute atomic E-state index is 0.162. The van der Waals surface area contributed by atoms with Gasteiger partial charge < -0.3 is 9.84 Å². The third-order valence-electron chi connectivity index (χ3n) is 3.61. The Labute approximate surface area is 148 Å². The van der Waals surface area contributed by atoms with Crippen molar-refractivity contribution >= 4 is 22.9 Å². The lowest BCUT2D eigenvalue weighted by Crippen LogP contribution is -2.10. The van der Waals surface area contributed by atoms with E-state index in [9.17, 15) is 4.79 Å². The highest BCUT2D eigenvalue weighted by Gasteiger charge is 2.16. The molecule has 122 valence electrons. The molecule has 0 radical (unpaired) electrons. The van der Waals surface area contributed by atoms with Gasteiger partial charge in [0.2, 0.25) is 5.82 Å². The Kier molecular flexibility index (Phi) is 4.10. The standard InChI is InChI=1S/C19H13N3O2S/c23-18(16-11-6-12-25-16)20-15-10-5-4-9-14(15)19-21-17(22-24-19)13-7-2-1-3-8-13/h1-12H,(H,20,23). The van der Waals surface area contributed by atoms with E-state index in [1.165, 1.54) is 11.3 Å². The lowest BCUT2D eigenvalue weighted by Gasteiger charge is -2.07. The van der Waals surface area contributed by atoms with Crippen LogP contribution in [0.15, 0.2) is 76.6 Å². The van der Waals surface area contributed by atoms with Gasteiger partial charge in [0, 0.05) is 5.56 Å². The third kappa shape index (κ3) is 3.20. The van der Waals surface area contributed by atoms with E-state index in [4.69, 9.17) is 4.52 Å². The summed E-state index contributed by atoms with van der Waals surface area (Å²) < 4.78 is 5.41. The fourth-order valence-electron chi connectivity index (χ4n) is 2.41. The van der Waals surface area contributed by atoms with Crippen LogP contribution in [0.25, 0.3) is 22.8 Å². The molecule has 5 nitrogen and oxygen atoms in total. The Bertz CT molecular complexity index is 994. The number of thiophene rings is 1. The van der Waals surface area contributed by atoms with Crippen LogP contribution in [-0.2, 0) is 0 Å². The van der Waals surface area contributed by atoms with Gasteiger partial charge in [-0.25, -0.2) is 0 Å². The van der Waals surface area contributed by atoms with Crippen LogP contribution in [0.5, 0.6) is 0 Å². The van der Waals surface area contributed by atoms with Gasteiger partial charge >= 0.3 is 0 Å². The second-order valence-electron chi connectivity index (χ2n) is 5.27. The highest BCUT2D eigenvalue weighted by molar-refractivity contribution is 7.12. The topological polar surface area (TPSA) is 68.0 Å². The van der Waals surface area contributed by atoms with Gasteiger partial charge in [-0.2, -0.15) is 4.98 Å². The molecule has 2 aromatic carbocycles. The summed E-state index contributed by atoms with van der Waals surface area (Å²) in [4.78, 5) is 17.4. The molecule has 0 saturated heterocycles. The summed E-state index contributed by atoms with van der Waals surface area (Å²) in [6.45, 7) is 0. The van der Waals surface area contributed by atoms with Crippen molar-refractivity contribution in [2.24, 2.45) is 0 Å². The van der Waals surface area contributed by atoms with E-state index in [-0.39, 0.29) is 5.91 Å². The number of amides is 1. The normalized spacial score (nSPS) is 10.6. The highest BCUT2D eigenvalue weighted by Crippen LogP contribution is 2.29. The number of anilines is 1. The zero-order chi connectivity index (χ0) is 17.1. The van der Waals surface area contributed by atoms with Crippen molar-refractivity contribution in [1.29, 1.82) is 0 Å². The molecule has 4 rings (SSSR count). The van der Waals surface area contributed by atoms with Crippen molar-refractivity contribution in [2.45, 2.75) is 0 Å². The Morgan fingerprint density at radius 1 is 0.960 bits per heavy atom. The number of para-hydroxylation sites is 1. The summed E-state index contributed by atoms with van der Waals surface area (Å²) in [5.74, 6) is 0.709. The second kappa shape index (κ2) is 6.70. The molecule has 0 fully saturated rings. The van der Waals surface area contributed by atoms with Gasteiger partial charge in [0.25, 0.3) is 11.8 Å². The van der Waals surface area contributed by atoms with Crippen LogP contribution in [0, 0.1) is 0 Å². The summed E-state index contributed by atoms with van der Waals surface area (Å²) in [5.41, 5.74) is 2.18. The van der Waals surface area contributed by atoms with Crippen LogP contribution in [-0.4, -0.2) is 16.0 Å². The van der Waals surface area contributed by atoms with Gasteiger partial charge in [0.1, 0.15) is 0 Å². The number of nitrogens with zero attached hydrogens (tertiary/aromatic N) is 2. The van der Waals surface area contributed by atoms with Crippen molar-refractivity contribution in [3.63, 3.8) is 0 Å². The van der Waals surface area contributed by atoms with Crippen molar-refractivity contribution in [3.8, 4) is 22.8 Å². The summed E-state index contributed by atoms with van der Waals surface area (Å²) >= 11 is 1.39. The SMILES string of the molecule is O=C(Nc1ccccc1-c1nc(-c2ccccc2)no1)c1cccs1. The quantitative estimate of drug-likeness (QED) is 0.580. The smallest absolute Gasteiger partial charge is 0.265 e. The minimum Gasteiger partial charge on any atom is -0.334 e. The third-order valence-corrected chi connectivity index (χ3v) is 4.48. The van der Waals surface area contributed by atoms with Crippen LogP contribution >= 0.6 is 11.3 Å². The number of benzene rings is 2. The maximum atomic E-state index is 12.3. The summed E-state index contributed by atoms with van der Waals surface area (Å²) in [7, 11) is 0. The fraction of sp³-hybridized carbons (Fsp3) is 0. The van der Waals surface area contributed by atoms with Gasteiger partial charge in [-0.15, -0.1) is 11.3 Å². The summed E-state index contributed by atoms with van der Waals surface area (Å²) in [6, 6.07) is 20.6. The van der Waals surface area contributed by atoms with Crippen LogP contribution in [0.3, 0.4) is 0 Å². The summed E-state index contributed by atoms with van der Waals surface area (Å²) in [6.07, 6.45) is 0. The molecule has 4 aromatic rings. The molecule has 0 spiro atoms. The second-order valence-corrected chi connectivity index (χ2v) is 6.21. The highest BCUT2D eigenvalue weighted by atomic mass is 32.1. The Morgan fingerprint density at radius 3 is 2.56 bits per heavy atom. The first-order valence-corrected chi connectivity index (χ1v) is 8.52. The van der Waals surface area contributed by atoms with E-state index in [2.05, 4.69) is 15.5 Å². The van der Waals surface area contributed by atoms with Gasteiger partial charge in [0.05, 0.1) is 16.1 Å². The number of hydrogen-bond acceptors (Lipinski definition) is 5. The average molecular weight is 347 g/mol. The average Bonchev–Trinajstić information content (AvgIpc) is 3.35.